The number of rotatable bonds is 5. The summed E-state index contributed by atoms with van der Waals surface area (Å²) in [5, 5.41) is 2.27. The summed E-state index contributed by atoms with van der Waals surface area (Å²) in [5.74, 6) is -1.00. The van der Waals surface area contributed by atoms with Crippen LogP contribution in [-0.2, 0) is 16.2 Å². The van der Waals surface area contributed by atoms with Crippen molar-refractivity contribution in [2.75, 3.05) is 4.90 Å². The lowest BCUT2D eigenvalue weighted by atomic mass is 10.0. The number of imide groups is 2. The third kappa shape index (κ3) is 5.39. The number of urea groups is 1. The number of anilines is 1. The summed E-state index contributed by atoms with van der Waals surface area (Å²) < 4.78 is 7.46. The van der Waals surface area contributed by atoms with Crippen LogP contribution in [0.4, 0.5) is 10.5 Å². The Morgan fingerprint density at radius 3 is 2.31 bits per heavy atom. The molecule has 0 radical (unpaired) electrons. The van der Waals surface area contributed by atoms with Gasteiger partial charge in [0, 0.05) is 10.0 Å². The van der Waals surface area contributed by atoms with E-state index in [0.717, 1.165) is 31.6 Å². The summed E-state index contributed by atoms with van der Waals surface area (Å²) in [4.78, 5) is 39.6. The van der Waals surface area contributed by atoms with E-state index in [1.165, 1.54) is 6.08 Å². The molecule has 0 bridgehead atoms. The monoisotopic (exact) mass is 596 g/mol. The molecule has 1 heterocycles. The summed E-state index contributed by atoms with van der Waals surface area (Å²) in [6, 6.07) is 16.0. The molecule has 0 saturated carbocycles. The highest BCUT2D eigenvalue weighted by atomic mass is 79.9. The summed E-state index contributed by atoms with van der Waals surface area (Å²) in [7, 11) is 0. The third-order valence-electron chi connectivity index (χ3n) is 5.69. The molecule has 1 fully saturated rings. The molecular weight excluding hydrogens is 576 g/mol. The molecule has 6 nitrogen and oxygen atoms in total. The van der Waals surface area contributed by atoms with E-state index in [4.69, 9.17) is 4.74 Å². The van der Waals surface area contributed by atoms with E-state index in [1.54, 1.807) is 18.2 Å². The number of nitrogens with zero attached hydrogens (tertiary/aromatic N) is 1. The molecule has 0 spiro atoms. The maximum atomic E-state index is 13.4. The topological polar surface area (TPSA) is 75.7 Å². The molecule has 1 aliphatic rings. The number of hydrogen-bond acceptors (Lipinski definition) is 4. The molecule has 35 heavy (non-hydrogen) atoms. The Morgan fingerprint density at radius 1 is 0.914 bits per heavy atom. The number of barbiturate groups is 1. The molecule has 3 aromatic rings. The number of nitrogens with one attached hydrogen (secondary N) is 1. The Morgan fingerprint density at radius 2 is 1.63 bits per heavy atom. The molecule has 0 atom stereocenters. The number of hydrogen-bond donors (Lipinski definition) is 1. The van der Waals surface area contributed by atoms with Crippen LogP contribution in [-0.4, -0.2) is 17.8 Å². The summed E-state index contributed by atoms with van der Waals surface area (Å²) >= 11 is 6.97. The Kier molecular flexibility index (Phi) is 7.23. The summed E-state index contributed by atoms with van der Waals surface area (Å²) in [5.41, 5.74) is 4.79. The Bertz CT molecular complexity index is 1380. The van der Waals surface area contributed by atoms with Crippen molar-refractivity contribution < 1.29 is 19.1 Å². The lowest BCUT2D eigenvalue weighted by Crippen LogP contribution is -2.54. The van der Waals surface area contributed by atoms with Crippen molar-refractivity contribution in [3.05, 3.63) is 96.9 Å². The van der Waals surface area contributed by atoms with Gasteiger partial charge in [0.2, 0.25) is 0 Å². The molecule has 0 unspecified atom stereocenters. The van der Waals surface area contributed by atoms with Crippen LogP contribution in [0.3, 0.4) is 0 Å². The molecule has 3 aromatic carbocycles. The predicted octanol–water partition coefficient (Wildman–Crippen LogP) is 6.38. The van der Waals surface area contributed by atoms with Gasteiger partial charge in [-0.1, -0.05) is 51.8 Å². The Labute approximate surface area is 220 Å². The van der Waals surface area contributed by atoms with Gasteiger partial charge in [0.1, 0.15) is 17.9 Å². The number of carbonyl (C=O) groups is 3. The molecule has 0 aliphatic carbocycles. The number of halogens is 2. The van der Waals surface area contributed by atoms with Crippen molar-refractivity contribution in [1.29, 1.82) is 0 Å². The zero-order valence-electron chi connectivity index (χ0n) is 19.3. The van der Waals surface area contributed by atoms with E-state index in [1.807, 2.05) is 57.2 Å². The van der Waals surface area contributed by atoms with Crippen LogP contribution in [0.5, 0.6) is 5.75 Å². The lowest BCUT2D eigenvalue weighted by Gasteiger charge is -2.27. The number of amides is 4. The molecular formula is C27H22Br2N2O4. The zero-order chi connectivity index (χ0) is 25.3. The minimum Gasteiger partial charge on any atom is -0.487 e. The molecule has 4 amide bonds. The van der Waals surface area contributed by atoms with Gasteiger partial charge in [0.15, 0.2) is 0 Å². The molecule has 4 rings (SSSR count). The van der Waals surface area contributed by atoms with E-state index in [-0.39, 0.29) is 5.57 Å². The van der Waals surface area contributed by atoms with Gasteiger partial charge < -0.3 is 4.74 Å². The first kappa shape index (κ1) is 24.9. The van der Waals surface area contributed by atoms with Gasteiger partial charge in [-0.15, -0.1) is 0 Å². The smallest absolute Gasteiger partial charge is 0.335 e. The zero-order valence-corrected chi connectivity index (χ0v) is 22.5. The average Bonchev–Trinajstić information content (AvgIpc) is 2.79. The van der Waals surface area contributed by atoms with Crippen LogP contribution in [0.1, 0.15) is 27.8 Å². The fraction of sp³-hybridized carbons (Fsp3) is 0.148. The van der Waals surface area contributed by atoms with Crippen LogP contribution in [0.2, 0.25) is 0 Å². The minimum absolute atomic E-state index is 0.173. The highest BCUT2D eigenvalue weighted by Gasteiger charge is 2.37. The SMILES string of the molecule is Cc1ccc(COc2c(Br)cc(Br)cc2/C=C2\C(=O)NC(=O)N(c3ccc(C)c(C)c3)C2=O)cc1. The highest BCUT2D eigenvalue weighted by molar-refractivity contribution is 9.11. The van der Waals surface area contributed by atoms with Gasteiger partial charge in [0.05, 0.1) is 10.2 Å². The van der Waals surface area contributed by atoms with Crippen molar-refractivity contribution in [1.82, 2.24) is 5.32 Å². The lowest BCUT2D eigenvalue weighted by molar-refractivity contribution is -0.122. The number of carbonyl (C=O) groups excluding carboxylic acids is 3. The second-order valence-corrected chi connectivity index (χ2v) is 10.1. The first-order chi connectivity index (χ1) is 16.6. The average molecular weight is 598 g/mol. The standard InChI is InChI=1S/C27H22Br2N2O4/c1-15-4-7-18(8-5-15)14-35-24-19(11-20(28)13-23(24)29)12-22-25(32)30-27(34)31(26(22)33)21-9-6-16(2)17(3)10-21/h4-13H,14H2,1-3H3,(H,30,32,34)/b22-12+. The Balaban J connectivity index is 1.71. The van der Waals surface area contributed by atoms with Gasteiger partial charge >= 0.3 is 6.03 Å². The molecule has 1 saturated heterocycles. The Hall–Kier alpha value is -3.23. The maximum Gasteiger partial charge on any atom is 0.335 e. The normalized spacial score (nSPS) is 14.9. The van der Waals surface area contributed by atoms with Crippen LogP contribution in [0, 0.1) is 20.8 Å². The molecule has 0 aromatic heterocycles. The van der Waals surface area contributed by atoms with Crippen LogP contribution < -0.4 is 15.0 Å². The minimum atomic E-state index is -0.785. The second-order valence-electron chi connectivity index (χ2n) is 8.31. The second kappa shape index (κ2) is 10.2. The number of benzene rings is 3. The first-order valence-corrected chi connectivity index (χ1v) is 12.4. The van der Waals surface area contributed by atoms with E-state index < -0.39 is 17.8 Å². The quantitative estimate of drug-likeness (QED) is 0.273. The van der Waals surface area contributed by atoms with Crippen molar-refractivity contribution in [2.24, 2.45) is 0 Å². The van der Waals surface area contributed by atoms with E-state index in [2.05, 4.69) is 37.2 Å². The fourth-order valence-electron chi connectivity index (χ4n) is 3.59. The van der Waals surface area contributed by atoms with Gasteiger partial charge in [-0.2, -0.15) is 0 Å². The third-order valence-corrected chi connectivity index (χ3v) is 6.74. The van der Waals surface area contributed by atoms with Crippen molar-refractivity contribution >= 4 is 61.5 Å². The van der Waals surface area contributed by atoms with Crippen LogP contribution >= 0.6 is 31.9 Å². The van der Waals surface area contributed by atoms with Crippen molar-refractivity contribution in [3.63, 3.8) is 0 Å². The van der Waals surface area contributed by atoms with Gasteiger partial charge in [0.25, 0.3) is 11.8 Å². The van der Waals surface area contributed by atoms with Crippen molar-refractivity contribution in [3.8, 4) is 5.75 Å². The van der Waals surface area contributed by atoms with Gasteiger partial charge in [-0.25, -0.2) is 9.69 Å². The number of ether oxygens (including phenoxy) is 1. The fourth-order valence-corrected chi connectivity index (χ4v) is 4.96. The van der Waals surface area contributed by atoms with E-state index in [9.17, 15) is 14.4 Å². The van der Waals surface area contributed by atoms with Crippen molar-refractivity contribution in [2.45, 2.75) is 27.4 Å². The first-order valence-electron chi connectivity index (χ1n) is 10.8. The molecule has 1 aliphatic heterocycles. The summed E-state index contributed by atoms with van der Waals surface area (Å²) in [6.45, 7) is 6.14. The maximum absolute atomic E-state index is 13.4. The predicted molar refractivity (Wildman–Crippen MR) is 142 cm³/mol. The van der Waals surface area contributed by atoms with Gasteiger partial charge in [-0.05, 0) is 83.7 Å². The molecule has 8 heteroatoms. The molecule has 178 valence electrons. The molecule has 1 N–H and O–H groups in total. The van der Waals surface area contributed by atoms with E-state index >= 15 is 0 Å². The highest BCUT2D eigenvalue weighted by Crippen LogP contribution is 2.36. The summed E-state index contributed by atoms with van der Waals surface area (Å²) in [6.07, 6.45) is 1.44. The number of aryl methyl sites for hydroxylation is 3. The van der Waals surface area contributed by atoms with Gasteiger partial charge in [-0.3, -0.25) is 14.9 Å². The van der Waals surface area contributed by atoms with Crippen LogP contribution in [0.25, 0.3) is 6.08 Å². The largest absolute Gasteiger partial charge is 0.487 e. The van der Waals surface area contributed by atoms with Crippen LogP contribution in [0.15, 0.2) is 69.1 Å². The van der Waals surface area contributed by atoms with E-state index in [0.29, 0.717) is 28.1 Å².